The fourth-order valence-corrected chi connectivity index (χ4v) is 5.87. The maximum atomic E-state index is 7.01. The first-order valence-corrected chi connectivity index (χ1v) is 16.8. The number of aliphatic imine (C=N–C) groups is 1. The number of nitrogens with zero attached hydrogens (tertiary/aromatic N) is 3. The molecule has 5 heteroatoms. The van der Waals surface area contributed by atoms with E-state index in [0.717, 1.165) is 49.8 Å². The van der Waals surface area contributed by atoms with Gasteiger partial charge in [0, 0.05) is 34.3 Å². The van der Waals surface area contributed by atoms with E-state index in [1.807, 2.05) is 73.1 Å². The Morgan fingerprint density at radius 1 is 0.608 bits per heavy atom. The number of hydrogen-bond donors (Lipinski definition) is 2. The van der Waals surface area contributed by atoms with Crippen molar-refractivity contribution >= 4 is 34.2 Å². The first-order chi connectivity index (χ1) is 25.0. The van der Waals surface area contributed by atoms with Crippen LogP contribution in [0.1, 0.15) is 16.7 Å². The van der Waals surface area contributed by atoms with Crippen molar-refractivity contribution < 1.29 is 0 Å². The molecule has 51 heavy (non-hydrogen) atoms. The first kappa shape index (κ1) is 34.2. The highest BCUT2D eigenvalue weighted by molar-refractivity contribution is 6.10. The molecule has 0 unspecified atom stereocenters. The van der Waals surface area contributed by atoms with Crippen LogP contribution in [0.25, 0.3) is 55.2 Å². The molecule has 0 spiro atoms. The average molecular weight is 662 g/mol. The Labute approximate surface area is 299 Å². The summed E-state index contributed by atoms with van der Waals surface area (Å²) in [6.07, 6.45) is 3.76. The lowest BCUT2D eigenvalue weighted by Crippen LogP contribution is -2.10. The fourth-order valence-electron chi connectivity index (χ4n) is 5.87. The Balaban J connectivity index is 0.000000230. The lowest BCUT2D eigenvalue weighted by molar-refractivity contribution is 1.08. The maximum Gasteiger partial charge on any atom is 0.122 e. The maximum absolute atomic E-state index is 7.01. The largest absolute Gasteiger partial charge is 0.384 e. The molecular weight excluding hydrogens is 623 g/mol. The average Bonchev–Trinajstić information content (AvgIpc) is 3.19. The summed E-state index contributed by atoms with van der Waals surface area (Å²) in [5.74, 6) is 0.121. The van der Waals surface area contributed by atoms with E-state index in [4.69, 9.17) is 16.1 Å². The second-order valence-electron chi connectivity index (χ2n) is 12.1. The minimum Gasteiger partial charge on any atom is -0.384 e. The topological polar surface area (TPSA) is 88.0 Å². The molecule has 248 valence electrons. The zero-order valence-electron chi connectivity index (χ0n) is 28.6. The molecule has 0 amide bonds. The molecule has 2 heterocycles. The van der Waals surface area contributed by atoms with Gasteiger partial charge in [-0.05, 0) is 77.2 Å². The molecule has 0 aliphatic rings. The van der Waals surface area contributed by atoms with E-state index >= 15 is 0 Å². The number of nitrogens with two attached hydrogens (primary N) is 1. The number of pyridine rings is 2. The van der Waals surface area contributed by atoms with Gasteiger partial charge < -0.3 is 5.73 Å². The minimum absolute atomic E-state index is 0.121. The second-order valence-corrected chi connectivity index (χ2v) is 12.1. The van der Waals surface area contributed by atoms with Gasteiger partial charge in [-0.1, -0.05) is 139 Å². The summed E-state index contributed by atoms with van der Waals surface area (Å²) in [4.78, 5) is 13.5. The molecule has 0 atom stereocenters. The van der Waals surface area contributed by atoms with E-state index < -0.39 is 0 Å². The zero-order chi connectivity index (χ0) is 35.4. The number of para-hydroxylation sites is 1. The second kappa shape index (κ2) is 16.6. The quantitative estimate of drug-likeness (QED) is 0.106. The number of hydrogen-bond acceptors (Lipinski definition) is 4. The molecule has 0 radical (unpaired) electrons. The van der Waals surface area contributed by atoms with Crippen molar-refractivity contribution in [2.45, 2.75) is 13.5 Å². The molecule has 2 aromatic heterocycles. The summed E-state index contributed by atoms with van der Waals surface area (Å²) in [5.41, 5.74) is 16.1. The Morgan fingerprint density at radius 2 is 1.18 bits per heavy atom. The summed E-state index contributed by atoms with van der Waals surface area (Å²) in [6, 6.07) is 55.6. The van der Waals surface area contributed by atoms with Crippen molar-refractivity contribution in [3.8, 4) is 33.5 Å². The van der Waals surface area contributed by atoms with E-state index in [9.17, 15) is 0 Å². The van der Waals surface area contributed by atoms with E-state index in [-0.39, 0.29) is 5.84 Å². The number of aromatic nitrogens is 2. The summed E-state index contributed by atoms with van der Waals surface area (Å²) in [6.45, 7) is 6.36. The van der Waals surface area contributed by atoms with E-state index in [0.29, 0.717) is 6.54 Å². The van der Waals surface area contributed by atoms with Gasteiger partial charge >= 0.3 is 0 Å². The molecular formula is C46H39N5. The molecule has 8 rings (SSSR count). The third-order valence-electron chi connectivity index (χ3n) is 8.41. The van der Waals surface area contributed by atoms with Crippen LogP contribution in [0, 0.1) is 12.3 Å². The summed E-state index contributed by atoms with van der Waals surface area (Å²) in [7, 11) is 0. The molecule has 0 bridgehead atoms. The normalized spacial score (nSPS) is 10.4. The van der Waals surface area contributed by atoms with Gasteiger partial charge in [-0.2, -0.15) is 0 Å². The number of nitrogen functional groups attached to an aromatic ring is 1. The molecule has 5 nitrogen and oxygen atoms in total. The van der Waals surface area contributed by atoms with Crippen LogP contribution in [-0.2, 0) is 6.54 Å². The molecule has 0 aliphatic heterocycles. The van der Waals surface area contributed by atoms with Crippen LogP contribution in [0.5, 0.6) is 0 Å². The van der Waals surface area contributed by atoms with Crippen LogP contribution in [0.4, 0.5) is 0 Å². The fraction of sp³-hybridized carbons (Fsp3) is 0.0435. The van der Waals surface area contributed by atoms with Crippen LogP contribution in [0.3, 0.4) is 0 Å². The molecule has 3 N–H and O–H groups in total. The Hall–Kier alpha value is -6.72. The van der Waals surface area contributed by atoms with E-state index in [1.165, 1.54) is 22.1 Å². The lowest BCUT2D eigenvalue weighted by atomic mass is 9.95. The molecule has 6 aromatic carbocycles. The van der Waals surface area contributed by atoms with Gasteiger partial charge in [-0.3, -0.25) is 15.4 Å². The number of rotatable bonds is 6. The molecule has 0 aliphatic carbocycles. The highest BCUT2D eigenvalue weighted by Gasteiger charge is 2.11. The van der Waals surface area contributed by atoms with E-state index in [1.54, 1.807) is 0 Å². The van der Waals surface area contributed by atoms with Gasteiger partial charge in [0.05, 0.1) is 17.8 Å². The van der Waals surface area contributed by atoms with Gasteiger partial charge in [-0.15, -0.1) is 0 Å². The summed E-state index contributed by atoms with van der Waals surface area (Å²) >= 11 is 0. The standard InChI is InChI=1S/C32H23N3.C7H8N2.C7H8/c1-33-20-22-17-26(23-7-3-2-4-8-23)19-27(18-22)24-11-13-25(14-12-24)32-30-21-34-16-15-28(30)29-9-5-6-10-31(29)35-32;8-7(9)6-4-2-1-3-5-6;1-7-5-3-2-4-6-7/h2-19,21H,1,20H2;1-5H,(H3,8,9);2-6H,1H3. The zero-order valence-corrected chi connectivity index (χ0v) is 28.6. The van der Waals surface area contributed by atoms with Crippen LogP contribution in [0.15, 0.2) is 181 Å². The number of benzene rings is 6. The predicted molar refractivity (Wildman–Crippen MR) is 215 cm³/mol. The third-order valence-corrected chi connectivity index (χ3v) is 8.41. The molecule has 0 saturated carbocycles. The van der Waals surface area contributed by atoms with Crippen LogP contribution in [-0.4, -0.2) is 22.5 Å². The number of fused-ring (bicyclic) bond motifs is 3. The smallest absolute Gasteiger partial charge is 0.122 e. The van der Waals surface area contributed by atoms with Gasteiger partial charge in [0.15, 0.2) is 0 Å². The Bertz CT molecular complexity index is 2370. The third kappa shape index (κ3) is 8.66. The van der Waals surface area contributed by atoms with Crippen molar-refractivity contribution in [1.29, 1.82) is 5.41 Å². The molecule has 8 aromatic rings. The number of aryl methyl sites for hydroxylation is 1. The SMILES string of the molecule is C=NCc1cc(-c2ccccc2)cc(-c2ccc(-c3nc4ccccc4c4ccncc34)cc2)c1.Cc1ccccc1.N=C(N)c1ccccc1. The van der Waals surface area contributed by atoms with Crippen LogP contribution in [0.2, 0.25) is 0 Å². The molecule has 0 saturated heterocycles. The predicted octanol–water partition coefficient (Wildman–Crippen LogP) is 11.0. The Morgan fingerprint density at radius 3 is 1.76 bits per heavy atom. The minimum atomic E-state index is 0.121. The van der Waals surface area contributed by atoms with Crippen LogP contribution < -0.4 is 5.73 Å². The Kier molecular flexibility index (Phi) is 11.1. The first-order valence-electron chi connectivity index (χ1n) is 16.8. The van der Waals surface area contributed by atoms with Crippen molar-refractivity contribution in [1.82, 2.24) is 9.97 Å². The number of amidine groups is 1. The van der Waals surface area contributed by atoms with Crippen molar-refractivity contribution in [3.05, 3.63) is 193 Å². The van der Waals surface area contributed by atoms with Crippen molar-refractivity contribution in [3.63, 3.8) is 0 Å². The highest BCUT2D eigenvalue weighted by atomic mass is 14.7. The van der Waals surface area contributed by atoms with Crippen molar-refractivity contribution in [2.24, 2.45) is 10.7 Å². The van der Waals surface area contributed by atoms with Gasteiger partial charge in [-0.25, -0.2) is 4.98 Å². The van der Waals surface area contributed by atoms with Gasteiger partial charge in [0.2, 0.25) is 0 Å². The van der Waals surface area contributed by atoms with Crippen LogP contribution >= 0.6 is 0 Å². The van der Waals surface area contributed by atoms with Gasteiger partial charge in [0.25, 0.3) is 0 Å². The number of nitrogens with one attached hydrogen (secondary N) is 1. The lowest BCUT2D eigenvalue weighted by Gasteiger charge is -2.12. The highest BCUT2D eigenvalue weighted by Crippen LogP contribution is 2.34. The molecule has 0 fully saturated rings. The summed E-state index contributed by atoms with van der Waals surface area (Å²) < 4.78 is 0. The van der Waals surface area contributed by atoms with Crippen molar-refractivity contribution in [2.75, 3.05) is 0 Å². The van der Waals surface area contributed by atoms with E-state index in [2.05, 4.69) is 127 Å². The van der Waals surface area contributed by atoms with Gasteiger partial charge in [0.1, 0.15) is 5.84 Å². The summed E-state index contributed by atoms with van der Waals surface area (Å²) in [5, 5.41) is 10.4. The monoisotopic (exact) mass is 661 g/mol.